The van der Waals surface area contributed by atoms with Crippen LogP contribution in [-0.4, -0.2) is 46.3 Å². The lowest BCUT2D eigenvalue weighted by Gasteiger charge is -2.29. The van der Waals surface area contributed by atoms with Crippen LogP contribution in [0.2, 0.25) is 0 Å². The summed E-state index contributed by atoms with van der Waals surface area (Å²) in [5.74, 6) is 0.759. The van der Waals surface area contributed by atoms with Crippen molar-refractivity contribution in [3.05, 3.63) is 66.2 Å². The average Bonchev–Trinajstić information content (AvgIpc) is 2.83. The number of rotatable bonds is 5. The van der Waals surface area contributed by atoms with Crippen LogP contribution in [0.3, 0.4) is 0 Å². The van der Waals surface area contributed by atoms with Crippen molar-refractivity contribution in [3.63, 3.8) is 0 Å². The molecule has 0 atom stereocenters. The fourth-order valence-corrected chi connectivity index (χ4v) is 3.77. The number of nitrogens with zero attached hydrogens (tertiary/aromatic N) is 5. The first-order chi connectivity index (χ1) is 15.7. The van der Waals surface area contributed by atoms with Gasteiger partial charge in [0.25, 0.3) is 0 Å². The zero-order chi connectivity index (χ0) is 21.9. The van der Waals surface area contributed by atoms with E-state index in [1.165, 1.54) is 11.8 Å². The van der Waals surface area contributed by atoms with Gasteiger partial charge in [-0.15, -0.1) is 5.10 Å². The zero-order valence-electron chi connectivity index (χ0n) is 17.6. The molecule has 0 unspecified atom stereocenters. The summed E-state index contributed by atoms with van der Waals surface area (Å²) in [5, 5.41) is 18.7. The van der Waals surface area contributed by atoms with Crippen LogP contribution >= 0.6 is 0 Å². The number of aromatic nitrogens is 4. The van der Waals surface area contributed by atoms with E-state index in [2.05, 4.69) is 53.1 Å². The van der Waals surface area contributed by atoms with Crippen molar-refractivity contribution in [3.8, 4) is 0 Å². The summed E-state index contributed by atoms with van der Waals surface area (Å²) in [6.45, 7) is 5.72. The molecule has 0 radical (unpaired) electrons. The van der Waals surface area contributed by atoms with E-state index < -0.39 is 0 Å². The molecular formula is C23H23FN8. The Hall–Kier alpha value is -3.85. The van der Waals surface area contributed by atoms with Gasteiger partial charge in [0.2, 0.25) is 5.95 Å². The van der Waals surface area contributed by atoms with Crippen molar-refractivity contribution in [1.29, 1.82) is 0 Å². The monoisotopic (exact) mass is 430 g/mol. The van der Waals surface area contributed by atoms with E-state index in [4.69, 9.17) is 0 Å². The lowest BCUT2D eigenvalue weighted by atomic mass is 10.1. The molecule has 2 aromatic carbocycles. The number of aryl methyl sites for hydroxylation is 1. The summed E-state index contributed by atoms with van der Waals surface area (Å²) >= 11 is 0. The summed E-state index contributed by atoms with van der Waals surface area (Å²) < 4.78 is 13.9. The molecule has 162 valence electrons. The van der Waals surface area contributed by atoms with Crippen LogP contribution in [0, 0.1) is 12.7 Å². The first kappa shape index (κ1) is 20.1. The molecule has 0 bridgehead atoms. The van der Waals surface area contributed by atoms with E-state index >= 15 is 0 Å². The van der Waals surface area contributed by atoms with Gasteiger partial charge in [0.05, 0.1) is 11.9 Å². The average molecular weight is 430 g/mol. The number of hydrogen-bond acceptors (Lipinski definition) is 8. The second kappa shape index (κ2) is 8.72. The van der Waals surface area contributed by atoms with E-state index in [0.29, 0.717) is 28.5 Å². The smallest absolute Gasteiger partial charge is 0.229 e. The van der Waals surface area contributed by atoms with E-state index in [1.54, 1.807) is 31.5 Å². The second-order valence-electron chi connectivity index (χ2n) is 7.63. The molecule has 5 rings (SSSR count). The van der Waals surface area contributed by atoms with Crippen LogP contribution in [0.1, 0.15) is 5.56 Å². The Balaban J connectivity index is 1.33. The summed E-state index contributed by atoms with van der Waals surface area (Å²) in [5.41, 5.74) is 3.79. The molecule has 32 heavy (non-hydrogen) atoms. The molecule has 9 heteroatoms. The van der Waals surface area contributed by atoms with Gasteiger partial charge in [-0.05, 0) is 49.4 Å². The molecule has 8 nitrogen and oxygen atoms in total. The number of nitrogens with one attached hydrogen (secondary N) is 3. The molecule has 1 fully saturated rings. The number of hydrogen-bond donors (Lipinski definition) is 3. The first-order valence-electron chi connectivity index (χ1n) is 10.5. The third kappa shape index (κ3) is 4.15. The van der Waals surface area contributed by atoms with Gasteiger partial charge in [0, 0.05) is 54.7 Å². The van der Waals surface area contributed by atoms with Gasteiger partial charge in [-0.3, -0.25) is 0 Å². The predicted octanol–water partition coefficient (Wildman–Crippen LogP) is 3.76. The van der Waals surface area contributed by atoms with E-state index in [1.807, 2.05) is 12.1 Å². The summed E-state index contributed by atoms with van der Waals surface area (Å²) in [7, 11) is 0. The Bertz CT molecular complexity index is 1240. The van der Waals surface area contributed by atoms with Gasteiger partial charge in [-0.25, -0.2) is 9.37 Å². The van der Waals surface area contributed by atoms with E-state index in [-0.39, 0.29) is 5.82 Å². The topological polar surface area (TPSA) is 90.9 Å². The molecule has 1 aliphatic heterocycles. The van der Waals surface area contributed by atoms with Crippen LogP contribution in [0.5, 0.6) is 0 Å². The largest absolute Gasteiger partial charge is 0.369 e. The Morgan fingerprint density at radius 2 is 1.81 bits per heavy atom. The van der Waals surface area contributed by atoms with Gasteiger partial charge in [-0.1, -0.05) is 0 Å². The lowest BCUT2D eigenvalue weighted by Crippen LogP contribution is -2.43. The molecule has 3 N–H and O–H groups in total. The van der Waals surface area contributed by atoms with Crippen molar-refractivity contribution in [2.45, 2.75) is 6.92 Å². The van der Waals surface area contributed by atoms with Crippen LogP contribution in [0.15, 0.2) is 54.9 Å². The SMILES string of the molecule is Cc1c(F)ccc2c(Nc3ccnc(Nc4ccc(N5CCNCC5)cc4)n3)cnnc12. The highest BCUT2D eigenvalue weighted by molar-refractivity contribution is 5.93. The Morgan fingerprint density at radius 1 is 1.00 bits per heavy atom. The van der Waals surface area contributed by atoms with E-state index in [9.17, 15) is 4.39 Å². The molecule has 0 saturated carbocycles. The molecule has 4 aromatic rings. The third-order valence-electron chi connectivity index (χ3n) is 5.52. The Morgan fingerprint density at radius 3 is 2.62 bits per heavy atom. The third-order valence-corrected chi connectivity index (χ3v) is 5.52. The minimum absolute atomic E-state index is 0.305. The molecule has 0 amide bonds. The maximum atomic E-state index is 13.9. The summed E-state index contributed by atoms with van der Waals surface area (Å²) in [6.07, 6.45) is 3.28. The quantitative estimate of drug-likeness (QED) is 0.441. The Kier molecular flexibility index (Phi) is 5.47. The molecule has 0 aliphatic carbocycles. The maximum Gasteiger partial charge on any atom is 0.229 e. The van der Waals surface area contributed by atoms with E-state index in [0.717, 1.165) is 37.3 Å². The first-order valence-corrected chi connectivity index (χ1v) is 10.5. The fraction of sp³-hybridized carbons (Fsp3) is 0.217. The van der Waals surface area contributed by atoms with Crippen molar-refractivity contribution in [2.24, 2.45) is 0 Å². The van der Waals surface area contributed by atoms with Gasteiger partial charge in [0.15, 0.2) is 0 Å². The highest BCUT2D eigenvalue weighted by atomic mass is 19.1. The minimum Gasteiger partial charge on any atom is -0.369 e. The number of halogens is 1. The predicted molar refractivity (Wildman–Crippen MR) is 124 cm³/mol. The molecule has 0 spiro atoms. The van der Waals surface area contributed by atoms with Gasteiger partial charge in [0.1, 0.15) is 17.2 Å². The number of piperazine rings is 1. The second-order valence-corrected chi connectivity index (χ2v) is 7.63. The maximum absolute atomic E-state index is 13.9. The molecule has 1 saturated heterocycles. The number of anilines is 5. The minimum atomic E-state index is -0.305. The highest BCUT2D eigenvalue weighted by Gasteiger charge is 2.11. The number of fused-ring (bicyclic) bond motifs is 1. The lowest BCUT2D eigenvalue weighted by molar-refractivity contribution is 0.589. The summed E-state index contributed by atoms with van der Waals surface area (Å²) in [6, 6.07) is 13.1. The van der Waals surface area contributed by atoms with Crippen molar-refractivity contribution < 1.29 is 4.39 Å². The van der Waals surface area contributed by atoms with Crippen LogP contribution in [0.25, 0.3) is 10.9 Å². The van der Waals surface area contributed by atoms with Crippen LogP contribution in [0.4, 0.5) is 33.2 Å². The molecule has 2 aromatic heterocycles. The molecular weight excluding hydrogens is 407 g/mol. The zero-order valence-corrected chi connectivity index (χ0v) is 17.6. The van der Waals surface area contributed by atoms with Crippen molar-refractivity contribution in [2.75, 3.05) is 41.7 Å². The molecule has 3 heterocycles. The fourth-order valence-electron chi connectivity index (χ4n) is 3.77. The van der Waals surface area contributed by atoms with Gasteiger partial charge >= 0.3 is 0 Å². The van der Waals surface area contributed by atoms with Gasteiger partial charge in [-0.2, -0.15) is 10.1 Å². The normalized spacial score (nSPS) is 13.9. The highest BCUT2D eigenvalue weighted by Crippen LogP contribution is 2.27. The molecule has 1 aliphatic rings. The van der Waals surface area contributed by atoms with Crippen LogP contribution < -0.4 is 20.9 Å². The van der Waals surface area contributed by atoms with Crippen LogP contribution in [-0.2, 0) is 0 Å². The Labute approximate surface area is 184 Å². The van der Waals surface area contributed by atoms with Gasteiger partial charge < -0.3 is 20.9 Å². The van der Waals surface area contributed by atoms with Crippen molar-refractivity contribution >= 4 is 39.7 Å². The number of benzene rings is 2. The van der Waals surface area contributed by atoms with Crippen molar-refractivity contribution in [1.82, 2.24) is 25.5 Å². The standard InChI is InChI=1S/C23H23FN8/c1-15-19(24)7-6-18-20(14-27-31-22(15)18)29-21-8-9-26-23(30-21)28-16-2-4-17(5-3-16)32-12-10-25-11-13-32/h2-9,14,25H,10-13H2,1H3,(H2,26,28,29,30,31). The summed E-state index contributed by atoms with van der Waals surface area (Å²) in [4.78, 5) is 11.2.